The lowest BCUT2D eigenvalue weighted by Gasteiger charge is -2.15. The van der Waals surface area contributed by atoms with Gasteiger partial charge in [-0.25, -0.2) is 4.98 Å². The van der Waals surface area contributed by atoms with Crippen molar-refractivity contribution in [3.05, 3.63) is 87.7 Å². The molecule has 11 heteroatoms. The van der Waals surface area contributed by atoms with Gasteiger partial charge >= 0.3 is 6.18 Å². The molecule has 0 aliphatic carbocycles. The van der Waals surface area contributed by atoms with Crippen LogP contribution in [0.3, 0.4) is 0 Å². The molecule has 34 heavy (non-hydrogen) atoms. The number of fused-ring (bicyclic) bond motifs is 1. The van der Waals surface area contributed by atoms with Crippen molar-refractivity contribution in [3.63, 3.8) is 0 Å². The first-order valence-electron chi connectivity index (χ1n) is 9.69. The van der Waals surface area contributed by atoms with E-state index in [1.165, 1.54) is 48.7 Å². The summed E-state index contributed by atoms with van der Waals surface area (Å²) in [5.41, 5.74) is -1.96. The first kappa shape index (κ1) is 23.6. The normalized spacial score (nSPS) is 11.6. The third kappa shape index (κ3) is 4.57. The van der Waals surface area contributed by atoms with E-state index in [-0.39, 0.29) is 34.0 Å². The Morgan fingerprint density at radius 2 is 1.82 bits per heavy atom. The van der Waals surface area contributed by atoms with Crippen molar-refractivity contribution in [2.75, 3.05) is 5.32 Å². The number of carbonyl (C=O) groups is 2. The highest BCUT2D eigenvalue weighted by Gasteiger charge is 2.42. The van der Waals surface area contributed by atoms with E-state index >= 15 is 0 Å². The fourth-order valence-corrected chi connectivity index (χ4v) is 4.04. The number of Topliss-reactive ketones (excluding diaryl/α,β-unsaturated/α-hetero) is 1. The van der Waals surface area contributed by atoms with Crippen LogP contribution in [-0.4, -0.2) is 26.3 Å². The molecule has 0 atom stereocenters. The number of hydrogen-bond donors (Lipinski definition) is 2. The van der Waals surface area contributed by atoms with E-state index in [1.54, 1.807) is 6.07 Å². The van der Waals surface area contributed by atoms with Gasteiger partial charge in [0.25, 0.3) is 11.7 Å². The third-order valence-corrected chi connectivity index (χ3v) is 5.59. The lowest BCUT2D eigenvalue weighted by molar-refractivity contribution is -0.143. The highest BCUT2D eigenvalue weighted by molar-refractivity contribution is 6.48. The maximum Gasteiger partial charge on any atom is 0.432 e. The lowest BCUT2D eigenvalue weighted by Crippen LogP contribution is -2.26. The SMILES string of the molecule is O=C(Nc1ccccn1)C(=O)c1c(C(F)(F)F)n(Cc2ccc(Cl)cc2Cl)c2ccc(O)cc12. The Morgan fingerprint density at radius 1 is 1.06 bits per heavy atom. The Hall–Kier alpha value is -3.56. The van der Waals surface area contributed by atoms with Gasteiger partial charge in [0.15, 0.2) is 0 Å². The largest absolute Gasteiger partial charge is 0.508 e. The molecular formula is C23H14Cl2F3N3O3. The highest BCUT2D eigenvalue weighted by atomic mass is 35.5. The minimum absolute atomic E-state index is 0.00561. The number of amides is 1. The van der Waals surface area contributed by atoms with Gasteiger partial charge in [-0.1, -0.05) is 35.3 Å². The predicted molar refractivity (Wildman–Crippen MR) is 121 cm³/mol. The van der Waals surface area contributed by atoms with Crippen LogP contribution in [0, 0.1) is 0 Å². The molecule has 0 radical (unpaired) electrons. The smallest absolute Gasteiger partial charge is 0.432 e. The second kappa shape index (κ2) is 9.00. The van der Waals surface area contributed by atoms with E-state index in [4.69, 9.17) is 23.2 Å². The zero-order chi connectivity index (χ0) is 24.6. The van der Waals surface area contributed by atoms with Crippen LogP contribution in [0.2, 0.25) is 10.0 Å². The number of hydrogen-bond acceptors (Lipinski definition) is 4. The molecule has 2 N–H and O–H groups in total. The number of carbonyl (C=O) groups excluding carboxylic acids is 2. The molecular weight excluding hydrogens is 494 g/mol. The first-order chi connectivity index (χ1) is 16.1. The number of pyridine rings is 1. The first-order valence-corrected chi connectivity index (χ1v) is 10.4. The Bertz CT molecular complexity index is 1420. The van der Waals surface area contributed by atoms with Crippen LogP contribution in [0.15, 0.2) is 60.8 Å². The fraction of sp³-hybridized carbons (Fsp3) is 0.0870. The molecule has 1 amide bonds. The van der Waals surface area contributed by atoms with Crippen LogP contribution >= 0.6 is 23.2 Å². The van der Waals surface area contributed by atoms with Crippen molar-refractivity contribution >= 4 is 51.6 Å². The summed E-state index contributed by atoms with van der Waals surface area (Å²) < 4.78 is 43.8. The number of aromatic hydroxyl groups is 1. The van der Waals surface area contributed by atoms with E-state index in [0.717, 1.165) is 10.6 Å². The minimum atomic E-state index is -5.02. The number of phenols is 1. The highest BCUT2D eigenvalue weighted by Crippen LogP contribution is 2.40. The fourth-order valence-electron chi connectivity index (χ4n) is 3.58. The number of aromatic nitrogens is 2. The van der Waals surface area contributed by atoms with Crippen LogP contribution in [-0.2, 0) is 17.5 Å². The molecule has 0 spiro atoms. The summed E-state index contributed by atoms with van der Waals surface area (Å²) in [5, 5.41) is 12.3. The predicted octanol–water partition coefficient (Wildman–Crippen LogP) is 5.94. The molecule has 0 unspecified atom stereocenters. The van der Waals surface area contributed by atoms with Gasteiger partial charge in [0, 0.05) is 33.7 Å². The van der Waals surface area contributed by atoms with Crippen LogP contribution in [0.1, 0.15) is 21.6 Å². The molecule has 0 saturated heterocycles. The topological polar surface area (TPSA) is 84.2 Å². The number of phenolic OH excluding ortho intramolecular Hbond substituents is 1. The molecule has 2 heterocycles. The second-order valence-corrected chi connectivity index (χ2v) is 8.09. The number of rotatable bonds is 5. The van der Waals surface area contributed by atoms with Crippen molar-refractivity contribution in [3.8, 4) is 5.75 Å². The second-order valence-electron chi connectivity index (χ2n) is 7.24. The standard InChI is InChI=1S/C23H14Cl2F3N3O3/c24-13-5-4-12(16(25)9-13)11-31-17-7-6-14(32)10-15(17)19(21(31)23(26,27)28)20(33)22(34)30-18-3-1-2-8-29-18/h1-10,32H,11H2,(H,29,30,34). The van der Waals surface area contributed by atoms with E-state index in [0.29, 0.717) is 10.6 Å². The summed E-state index contributed by atoms with van der Waals surface area (Å²) in [6, 6.07) is 12.2. The summed E-state index contributed by atoms with van der Waals surface area (Å²) >= 11 is 12.1. The van der Waals surface area contributed by atoms with Crippen LogP contribution in [0.4, 0.5) is 19.0 Å². The third-order valence-electron chi connectivity index (χ3n) is 5.00. The van der Waals surface area contributed by atoms with Crippen molar-refractivity contribution in [1.29, 1.82) is 0 Å². The van der Waals surface area contributed by atoms with Gasteiger partial charge < -0.3 is 15.0 Å². The molecule has 2 aromatic carbocycles. The number of ketones is 1. The van der Waals surface area contributed by atoms with Gasteiger partial charge in [-0.05, 0) is 48.0 Å². The van der Waals surface area contributed by atoms with Gasteiger partial charge in [-0.3, -0.25) is 9.59 Å². The monoisotopic (exact) mass is 507 g/mol. The average molecular weight is 508 g/mol. The average Bonchev–Trinajstić information content (AvgIpc) is 3.09. The van der Waals surface area contributed by atoms with Gasteiger partial charge in [-0.15, -0.1) is 0 Å². The molecule has 0 aliphatic heterocycles. The van der Waals surface area contributed by atoms with E-state index in [1.807, 2.05) is 0 Å². The van der Waals surface area contributed by atoms with Crippen molar-refractivity contribution in [1.82, 2.24) is 9.55 Å². The number of anilines is 1. The maximum atomic E-state index is 14.3. The van der Waals surface area contributed by atoms with Gasteiger partial charge in [0.2, 0.25) is 0 Å². The summed E-state index contributed by atoms with van der Waals surface area (Å²) in [6.45, 7) is -0.374. The molecule has 0 saturated carbocycles. The summed E-state index contributed by atoms with van der Waals surface area (Å²) in [7, 11) is 0. The molecule has 4 aromatic rings. The number of halogens is 5. The molecule has 174 valence electrons. The molecule has 0 fully saturated rings. The zero-order valence-electron chi connectivity index (χ0n) is 17.0. The zero-order valence-corrected chi connectivity index (χ0v) is 18.5. The van der Waals surface area contributed by atoms with E-state index < -0.39 is 29.1 Å². The Balaban J connectivity index is 1.91. The quantitative estimate of drug-likeness (QED) is 0.258. The van der Waals surface area contributed by atoms with E-state index in [2.05, 4.69) is 10.3 Å². The molecule has 0 aliphatic rings. The van der Waals surface area contributed by atoms with Crippen LogP contribution in [0.25, 0.3) is 10.9 Å². The number of nitrogens with zero attached hydrogens (tertiary/aromatic N) is 2. The van der Waals surface area contributed by atoms with Crippen LogP contribution < -0.4 is 5.32 Å². The van der Waals surface area contributed by atoms with Gasteiger partial charge in [0.05, 0.1) is 5.56 Å². The molecule has 0 bridgehead atoms. The number of nitrogens with one attached hydrogen (secondary N) is 1. The molecule has 2 aromatic heterocycles. The van der Waals surface area contributed by atoms with Gasteiger partial charge in [0.1, 0.15) is 17.3 Å². The Labute approximate surface area is 200 Å². The van der Waals surface area contributed by atoms with Crippen LogP contribution in [0.5, 0.6) is 5.75 Å². The van der Waals surface area contributed by atoms with Crippen molar-refractivity contribution in [2.45, 2.75) is 12.7 Å². The Kier molecular flexibility index (Phi) is 6.24. The summed E-state index contributed by atoms with van der Waals surface area (Å²) in [5.74, 6) is -3.12. The van der Waals surface area contributed by atoms with Crippen molar-refractivity contribution < 1.29 is 27.9 Å². The Morgan fingerprint density at radius 3 is 2.47 bits per heavy atom. The van der Waals surface area contributed by atoms with E-state index in [9.17, 15) is 27.9 Å². The maximum absolute atomic E-state index is 14.3. The molecule has 6 nitrogen and oxygen atoms in total. The minimum Gasteiger partial charge on any atom is -0.508 e. The summed E-state index contributed by atoms with van der Waals surface area (Å²) in [4.78, 5) is 29.5. The number of benzene rings is 2. The van der Waals surface area contributed by atoms with Crippen molar-refractivity contribution in [2.24, 2.45) is 0 Å². The summed E-state index contributed by atoms with van der Waals surface area (Å²) in [6.07, 6.45) is -3.68. The lowest BCUT2D eigenvalue weighted by atomic mass is 10.0. The molecule has 4 rings (SSSR count). The number of alkyl halides is 3. The van der Waals surface area contributed by atoms with Gasteiger partial charge in [-0.2, -0.15) is 13.2 Å².